The number of nitrogens with one attached hydrogen (secondary N) is 2. The van der Waals surface area contributed by atoms with E-state index in [0.717, 1.165) is 11.1 Å². The lowest BCUT2D eigenvalue weighted by molar-refractivity contribution is -0.122. The van der Waals surface area contributed by atoms with E-state index in [2.05, 4.69) is 10.0 Å². The van der Waals surface area contributed by atoms with Crippen LogP contribution in [0.25, 0.3) is 0 Å². The SMILES string of the molecule is CSCCC(NS(=O)(=O)c1ccc2c(c1)OCCO2)C(=O)NCc1ccc(C)cc1. The lowest BCUT2D eigenvalue weighted by atomic mass is 10.1. The van der Waals surface area contributed by atoms with Crippen molar-refractivity contribution >= 4 is 27.7 Å². The molecule has 2 aromatic carbocycles. The number of sulfonamides is 1. The first-order valence-electron chi connectivity index (χ1n) is 9.63. The van der Waals surface area contributed by atoms with Crippen molar-refractivity contribution in [2.75, 3.05) is 25.2 Å². The van der Waals surface area contributed by atoms with Crippen molar-refractivity contribution in [1.82, 2.24) is 10.0 Å². The summed E-state index contributed by atoms with van der Waals surface area (Å²) in [7, 11) is -3.91. The molecule has 9 heteroatoms. The average Bonchev–Trinajstić information content (AvgIpc) is 2.75. The minimum atomic E-state index is -3.91. The largest absolute Gasteiger partial charge is 0.486 e. The van der Waals surface area contributed by atoms with Gasteiger partial charge < -0.3 is 14.8 Å². The number of amides is 1. The Bertz CT molecular complexity index is 977. The van der Waals surface area contributed by atoms with Crippen LogP contribution in [0.1, 0.15) is 17.5 Å². The standard InChI is InChI=1S/C21H26N2O5S2/c1-15-3-5-16(6-4-15)14-22-21(24)18(9-12-29-2)23-30(25,26)17-7-8-19-20(13-17)28-11-10-27-19/h3-8,13,18,23H,9-12,14H2,1-2H3,(H,22,24). The van der Waals surface area contributed by atoms with E-state index in [9.17, 15) is 13.2 Å². The molecule has 7 nitrogen and oxygen atoms in total. The van der Waals surface area contributed by atoms with Crippen LogP contribution in [0.2, 0.25) is 0 Å². The third-order valence-corrected chi connectivity index (χ3v) is 6.75. The minimum absolute atomic E-state index is 0.0345. The number of aryl methyl sites for hydroxylation is 1. The molecule has 30 heavy (non-hydrogen) atoms. The number of thioether (sulfide) groups is 1. The number of hydrogen-bond acceptors (Lipinski definition) is 6. The predicted molar refractivity (Wildman–Crippen MR) is 118 cm³/mol. The van der Waals surface area contributed by atoms with E-state index >= 15 is 0 Å². The van der Waals surface area contributed by atoms with Crippen LogP contribution in [0.3, 0.4) is 0 Å². The first-order valence-corrected chi connectivity index (χ1v) is 12.5. The quantitative estimate of drug-likeness (QED) is 0.610. The van der Waals surface area contributed by atoms with E-state index in [1.807, 2.05) is 37.4 Å². The van der Waals surface area contributed by atoms with Crippen LogP contribution in [0.15, 0.2) is 47.4 Å². The summed E-state index contributed by atoms with van der Waals surface area (Å²) in [4.78, 5) is 12.8. The number of fused-ring (bicyclic) bond motifs is 1. The van der Waals surface area contributed by atoms with E-state index in [1.54, 1.807) is 17.8 Å². The van der Waals surface area contributed by atoms with Gasteiger partial charge in [0.15, 0.2) is 11.5 Å². The molecule has 1 atom stereocenters. The Balaban J connectivity index is 1.70. The molecule has 1 amide bonds. The van der Waals surface area contributed by atoms with Gasteiger partial charge in [-0.15, -0.1) is 0 Å². The van der Waals surface area contributed by atoms with E-state index in [4.69, 9.17) is 9.47 Å². The second-order valence-electron chi connectivity index (χ2n) is 6.96. The number of carbonyl (C=O) groups is 1. The van der Waals surface area contributed by atoms with Gasteiger partial charge in [-0.25, -0.2) is 8.42 Å². The lowest BCUT2D eigenvalue weighted by Gasteiger charge is -2.21. The fraction of sp³-hybridized carbons (Fsp3) is 0.381. The maximum atomic E-state index is 12.9. The molecule has 1 aliphatic heterocycles. The summed E-state index contributed by atoms with van der Waals surface area (Å²) in [6.07, 6.45) is 2.29. The van der Waals surface area contributed by atoms with Gasteiger partial charge in [-0.2, -0.15) is 16.5 Å². The zero-order chi connectivity index (χ0) is 21.6. The summed E-state index contributed by atoms with van der Waals surface area (Å²) < 4.78 is 39.3. The fourth-order valence-electron chi connectivity index (χ4n) is 2.94. The first-order chi connectivity index (χ1) is 14.4. The van der Waals surface area contributed by atoms with Crippen LogP contribution >= 0.6 is 11.8 Å². The molecule has 0 saturated carbocycles. The zero-order valence-corrected chi connectivity index (χ0v) is 18.6. The molecule has 162 valence electrons. The molecule has 2 N–H and O–H groups in total. The molecular weight excluding hydrogens is 424 g/mol. The third kappa shape index (κ3) is 5.90. The summed E-state index contributed by atoms with van der Waals surface area (Å²) in [5.41, 5.74) is 2.09. The van der Waals surface area contributed by atoms with Gasteiger partial charge in [0.05, 0.1) is 4.90 Å². The van der Waals surface area contributed by atoms with Crippen molar-refractivity contribution in [3.63, 3.8) is 0 Å². The number of ether oxygens (including phenoxy) is 2. The van der Waals surface area contributed by atoms with Gasteiger partial charge in [0.25, 0.3) is 0 Å². The Morgan fingerprint density at radius 1 is 1.10 bits per heavy atom. The van der Waals surface area contributed by atoms with Gasteiger partial charge in [0, 0.05) is 12.6 Å². The van der Waals surface area contributed by atoms with Crippen molar-refractivity contribution in [1.29, 1.82) is 0 Å². The molecule has 1 heterocycles. The maximum Gasteiger partial charge on any atom is 0.241 e. The summed E-state index contributed by atoms with van der Waals surface area (Å²) in [5.74, 6) is 1.18. The summed E-state index contributed by atoms with van der Waals surface area (Å²) in [6, 6.07) is 11.4. The highest BCUT2D eigenvalue weighted by atomic mass is 32.2. The average molecular weight is 451 g/mol. The Morgan fingerprint density at radius 2 is 1.80 bits per heavy atom. The third-order valence-electron chi connectivity index (χ3n) is 4.64. The van der Waals surface area contributed by atoms with Gasteiger partial charge in [-0.05, 0) is 43.0 Å². The summed E-state index contributed by atoms with van der Waals surface area (Å²) in [6.45, 7) is 3.12. The topological polar surface area (TPSA) is 93.7 Å². The smallest absolute Gasteiger partial charge is 0.241 e. The van der Waals surface area contributed by atoms with Gasteiger partial charge in [0.1, 0.15) is 19.3 Å². The summed E-state index contributed by atoms with van der Waals surface area (Å²) in [5, 5.41) is 2.83. The highest BCUT2D eigenvalue weighted by Crippen LogP contribution is 2.32. The monoisotopic (exact) mass is 450 g/mol. The molecule has 0 fully saturated rings. The molecule has 0 bridgehead atoms. The first kappa shape index (κ1) is 22.5. The maximum absolute atomic E-state index is 12.9. The Kier molecular flexibility index (Phi) is 7.63. The van der Waals surface area contributed by atoms with Crippen LogP contribution in [-0.4, -0.2) is 45.6 Å². The van der Waals surface area contributed by atoms with Crippen LogP contribution in [-0.2, 0) is 21.4 Å². The Morgan fingerprint density at radius 3 is 2.50 bits per heavy atom. The van der Waals surface area contributed by atoms with Crippen molar-refractivity contribution < 1.29 is 22.7 Å². The van der Waals surface area contributed by atoms with Gasteiger partial charge in [-0.3, -0.25) is 4.79 Å². The fourth-order valence-corrected chi connectivity index (χ4v) is 4.66. The van der Waals surface area contributed by atoms with Crippen molar-refractivity contribution in [2.24, 2.45) is 0 Å². The highest BCUT2D eigenvalue weighted by molar-refractivity contribution is 7.98. The molecular formula is C21H26N2O5S2. The molecule has 0 aromatic heterocycles. The highest BCUT2D eigenvalue weighted by Gasteiger charge is 2.26. The van der Waals surface area contributed by atoms with Gasteiger partial charge >= 0.3 is 0 Å². The van der Waals surface area contributed by atoms with E-state index in [-0.39, 0.29) is 10.8 Å². The van der Waals surface area contributed by atoms with Crippen LogP contribution in [0, 0.1) is 6.92 Å². The zero-order valence-electron chi connectivity index (χ0n) is 17.0. The van der Waals surface area contributed by atoms with Crippen LogP contribution in [0.4, 0.5) is 0 Å². The number of hydrogen-bond donors (Lipinski definition) is 2. The van der Waals surface area contributed by atoms with Crippen molar-refractivity contribution in [3.8, 4) is 11.5 Å². The molecule has 0 saturated heterocycles. The van der Waals surface area contributed by atoms with Crippen molar-refractivity contribution in [3.05, 3.63) is 53.6 Å². The van der Waals surface area contributed by atoms with Gasteiger partial charge in [0.2, 0.25) is 15.9 Å². The predicted octanol–water partition coefficient (Wildman–Crippen LogP) is 2.48. The number of rotatable bonds is 9. The van der Waals surface area contributed by atoms with E-state index in [0.29, 0.717) is 43.4 Å². The Labute approximate surface area is 181 Å². The van der Waals surface area contributed by atoms with E-state index in [1.165, 1.54) is 12.1 Å². The minimum Gasteiger partial charge on any atom is -0.486 e. The number of carbonyl (C=O) groups excluding carboxylic acids is 1. The molecule has 2 aromatic rings. The second kappa shape index (κ2) is 10.2. The van der Waals surface area contributed by atoms with Crippen LogP contribution < -0.4 is 19.5 Å². The molecule has 3 rings (SSSR count). The molecule has 0 radical (unpaired) electrons. The Hall–Kier alpha value is -2.23. The van der Waals surface area contributed by atoms with Gasteiger partial charge in [-0.1, -0.05) is 29.8 Å². The number of benzene rings is 2. The summed E-state index contributed by atoms with van der Waals surface area (Å²) >= 11 is 1.55. The lowest BCUT2D eigenvalue weighted by Crippen LogP contribution is -2.46. The van der Waals surface area contributed by atoms with Crippen LogP contribution in [0.5, 0.6) is 11.5 Å². The van der Waals surface area contributed by atoms with Crippen molar-refractivity contribution in [2.45, 2.75) is 30.8 Å². The molecule has 0 spiro atoms. The normalized spacial score (nSPS) is 14.2. The second-order valence-corrected chi connectivity index (χ2v) is 9.66. The molecule has 1 unspecified atom stereocenters. The molecule has 1 aliphatic rings. The van der Waals surface area contributed by atoms with E-state index < -0.39 is 16.1 Å². The molecule has 0 aliphatic carbocycles.